The topological polar surface area (TPSA) is 137 Å². The molecule has 1 fully saturated rings. The van der Waals surface area contributed by atoms with E-state index >= 15 is 0 Å². The van der Waals surface area contributed by atoms with Gasteiger partial charge in [-0.05, 0) is 67.8 Å². The van der Waals surface area contributed by atoms with Gasteiger partial charge in [-0.25, -0.2) is 5.43 Å². The first-order valence-electron chi connectivity index (χ1n) is 11.5. The Morgan fingerprint density at radius 2 is 1.89 bits per heavy atom. The van der Waals surface area contributed by atoms with Crippen LogP contribution >= 0.6 is 0 Å². The zero-order chi connectivity index (χ0) is 25.8. The summed E-state index contributed by atoms with van der Waals surface area (Å²) in [5, 5.41) is 9.06. The summed E-state index contributed by atoms with van der Waals surface area (Å²) in [6, 6.07) is 11.9. The highest BCUT2D eigenvalue weighted by Crippen LogP contribution is 2.27. The van der Waals surface area contributed by atoms with Gasteiger partial charge in [0.1, 0.15) is 5.75 Å². The van der Waals surface area contributed by atoms with Crippen LogP contribution < -0.4 is 30.3 Å². The van der Waals surface area contributed by atoms with Gasteiger partial charge in [-0.2, -0.15) is 5.10 Å². The molecule has 0 bridgehead atoms. The third kappa shape index (κ3) is 8.27. The number of methoxy groups -OCH3 is 1. The van der Waals surface area contributed by atoms with E-state index in [0.29, 0.717) is 36.0 Å². The average molecular weight is 499 g/mol. The predicted octanol–water partition coefficient (Wildman–Crippen LogP) is 1.86. The Hall–Kier alpha value is -4.12. The van der Waals surface area contributed by atoms with Crippen LogP contribution in [0.15, 0.2) is 47.6 Å². The van der Waals surface area contributed by atoms with Crippen molar-refractivity contribution in [3.8, 4) is 17.2 Å². The third-order valence-corrected chi connectivity index (χ3v) is 5.10. The number of anilines is 1. The van der Waals surface area contributed by atoms with Gasteiger partial charge in [0.25, 0.3) is 5.91 Å². The number of ether oxygens (including phenoxy) is 4. The van der Waals surface area contributed by atoms with Gasteiger partial charge in [0.15, 0.2) is 18.1 Å². The number of nitrogens with zero attached hydrogens (tertiary/aromatic N) is 1. The Labute approximate surface area is 209 Å². The van der Waals surface area contributed by atoms with E-state index in [0.717, 1.165) is 18.6 Å². The molecule has 1 saturated heterocycles. The second kappa shape index (κ2) is 13.7. The van der Waals surface area contributed by atoms with Crippen LogP contribution in [0.1, 0.15) is 25.3 Å². The molecular weight excluding hydrogens is 468 g/mol. The van der Waals surface area contributed by atoms with Crippen molar-refractivity contribution in [3.63, 3.8) is 0 Å². The number of amides is 3. The molecule has 192 valence electrons. The van der Waals surface area contributed by atoms with Crippen LogP contribution in [0.2, 0.25) is 0 Å². The van der Waals surface area contributed by atoms with E-state index in [-0.39, 0.29) is 25.2 Å². The summed E-state index contributed by atoms with van der Waals surface area (Å²) < 4.78 is 21.7. The van der Waals surface area contributed by atoms with Gasteiger partial charge in [0, 0.05) is 18.8 Å². The van der Waals surface area contributed by atoms with E-state index in [1.807, 2.05) is 6.92 Å². The minimum atomic E-state index is -0.880. The zero-order valence-electron chi connectivity index (χ0n) is 20.2. The second-order valence-electron chi connectivity index (χ2n) is 7.75. The number of benzene rings is 2. The van der Waals surface area contributed by atoms with Gasteiger partial charge in [0.05, 0.1) is 26.0 Å². The molecule has 2 aromatic rings. The van der Waals surface area contributed by atoms with E-state index in [1.165, 1.54) is 13.3 Å². The standard InChI is InChI=1S/C25H30N4O7/c1-3-34-19-9-7-18(8-10-19)28-23(30)16-36-21-11-6-17(13-22(21)33-2)14-27-29-25(32)24(31)26-15-20-5-4-12-35-20/h6-11,13-14,20H,3-5,12,15-16H2,1-2H3,(H,26,31)(H,28,30)(H,29,32)/b27-14-/t20-/m1/s1. The van der Waals surface area contributed by atoms with Crippen molar-refractivity contribution in [2.24, 2.45) is 5.10 Å². The number of nitrogens with one attached hydrogen (secondary N) is 3. The van der Waals surface area contributed by atoms with Crippen molar-refractivity contribution >= 4 is 29.6 Å². The Balaban J connectivity index is 1.46. The highest BCUT2D eigenvalue weighted by molar-refractivity contribution is 6.35. The van der Waals surface area contributed by atoms with Gasteiger partial charge >= 0.3 is 11.8 Å². The normalized spacial score (nSPS) is 14.8. The number of hydrazone groups is 1. The monoisotopic (exact) mass is 498 g/mol. The van der Waals surface area contributed by atoms with E-state index in [1.54, 1.807) is 42.5 Å². The van der Waals surface area contributed by atoms with Crippen LogP contribution in [-0.4, -0.2) is 63.5 Å². The molecule has 0 saturated carbocycles. The van der Waals surface area contributed by atoms with E-state index in [9.17, 15) is 14.4 Å². The van der Waals surface area contributed by atoms with Crippen molar-refractivity contribution < 1.29 is 33.3 Å². The molecule has 3 rings (SSSR count). The summed E-state index contributed by atoms with van der Waals surface area (Å²) in [4.78, 5) is 36.0. The second-order valence-corrected chi connectivity index (χ2v) is 7.75. The van der Waals surface area contributed by atoms with Gasteiger partial charge in [-0.3, -0.25) is 14.4 Å². The van der Waals surface area contributed by atoms with Gasteiger partial charge in [-0.15, -0.1) is 0 Å². The largest absolute Gasteiger partial charge is 0.494 e. The van der Waals surface area contributed by atoms with Crippen LogP contribution in [0.25, 0.3) is 0 Å². The van der Waals surface area contributed by atoms with Crippen molar-refractivity contribution in [1.29, 1.82) is 0 Å². The fourth-order valence-corrected chi connectivity index (χ4v) is 3.33. The summed E-state index contributed by atoms with van der Waals surface area (Å²) >= 11 is 0. The van der Waals surface area contributed by atoms with Gasteiger partial charge < -0.3 is 29.6 Å². The quantitative estimate of drug-likeness (QED) is 0.244. The molecule has 1 atom stereocenters. The molecule has 0 aromatic heterocycles. The van der Waals surface area contributed by atoms with Gasteiger partial charge in [-0.1, -0.05) is 0 Å². The highest BCUT2D eigenvalue weighted by atomic mass is 16.5. The summed E-state index contributed by atoms with van der Waals surface area (Å²) in [5.74, 6) is -0.561. The van der Waals surface area contributed by atoms with Crippen molar-refractivity contribution in [2.75, 3.05) is 38.8 Å². The Bertz CT molecular complexity index is 1070. The molecular formula is C25H30N4O7. The maximum Gasteiger partial charge on any atom is 0.329 e. The van der Waals surface area contributed by atoms with Crippen LogP contribution in [0.4, 0.5) is 5.69 Å². The zero-order valence-corrected chi connectivity index (χ0v) is 20.2. The van der Waals surface area contributed by atoms with Crippen LogP contribution in [0.5, 0.6) is 17.2 Å². The molecule has 0 unspecified atom stereocenters. The average Bonchev–Trinajstić information content (AvgIpc) is 3.41. The SMILES string of the molecule is CCOc1ccc(NC(=O)COc2ccc(/C=N\NC(=O)C(=O)NC[C@H]3CCCO3)cc2OC)cc1. The molecule has 0 spiro atoms. The lowest BCUT2D eigenvalue weighted by molar-refractivity contribution is -0.139. The van der Waals surface area contributed by atoms with E-state index in [2.05, 4.69) is 21.2 Å². The number of carbonyl (C=O) groups is 3. The van der Waals surface area contributed by atoms with Crippen molar-refractivity contribution in [3.05, 3.63) is 48.0 Å². The third-order valence-electron chi connectivity index (χ3n) is 5.10. The summed E-state index contributed by atoms with van der Waals surface area (Å²) in [5.41, 5.74) is 3.38. The lowest BCUT2D eigenvalue weighted by Crippen LogP contribution is -2.41. The lowest BCUT2D eigenvalue weighted by Gasteiger charge is -2.12. The molecule has 3 N–H and O–H groups in total. The minimum Gasteiger partial charge on any atom is -0.494 e. The number of hydrogen-bond donors (Lipinski definition) is 3. The number of hydrogen-bond acceptors (Lipinski definition) is 8. The molecule has 36 heavy (non-hydrogen) atoms. The minimum absolute atomic E-state index is 0.0586. The fraction of sp³-hybridized carbons (Fsp3) is 0.360. The van der Waals surface area contributed by atoms with E-state index in [4.69, 9.17) is 18.9 Å². The van der Waals surface area contributed by atoms with E-state index < -0.39 is 11.8 Å². The predicted molar refractivity (Wildman–Crippen MR) is 132 cm³/mol. The molecule has 1 aliphatic rings. The molecule has 1 aliphatic heterocycles. The molecule has 0 aliphatic carbocycles. The maximum absolute atomic E-state index is 12.2. The molecule has 3 amide bonds. The van der Waals surface area contributed by atoms with Crippen molar-refractivity contribution in [1.82, 2.24) is 10.7 Å². The summed E-state index contributed by atoms with van der Waals surface area (Å²) in [6.45, 7) is 3.19. The molecule has 11 nitrogen and oxygen atoms in total. The first-order valence-corrected chi connectivity index (χ1v) is 11.5. The lowest BCUT2D eigenvalue weighted by atomic mass is 10.2. The Kier molecular flexibility index (Phi) is 10.1. The maximum atomic E-state index is 12.2. The molecule has 2 aromatic carbocycles. The Morgan fingerprint density at radius 1 is 1.08 bits per heavy atom. The fourth-order valence-electron chi connectivity index (χ4n) is 3.33. The highest BCUT2D eigenvalue weighted by Gasteiger charge is 2.19. The summed E-state index contributed by atoms with van der Waals surface area (Å²) in [7, 11) is 1.46. The Morgan fingerprint density at radius 3 is 2.58 bits per heavy atom. The smallest absolute Gasteiger partial charge is 0.329 e. The molecule has 11 heteroatoms. The first-order chi connectivity index (χ1) is 17.5. The van der Waals surface area contributed by atoms with Crippen LogP contribution in [0.3, 0.4) is 0 Å². The number of rotatable bonds is 11. The summed E-state index contributed by atoms with van der Waals surface area (Å²) in [6.07, 6.45) is 3.10. The van der Waals surface area contributed by atoms with Crippen molar-refractivity contribution in [2.45, 2.75) is 25.9 Å². The van der Waals surface area contributed by atoms with Crippen LogP contribution in [0, 0.1) is 0 Å². The van der Waals surface area contributed by atoms with Gasteiger partial charge in [0.2, 0.25) is 0 Å². The molecule has 1 heterocycles. The number of carbonyl (C=O) groups excluding carboxylic acids is 3. The first kappa shape index (κ1) is 26.5. The molecule has 0 radical (unpaired) electrons. The van der Waals surface area contributed by atoms with Crippen LogP contribution in [-0.2, 0) is 19.1 Å².